The van der Waals surface area contributed by atoms with Crippen molar-refractivity contribution in [3.05, 3.63) is 59.1 Å². The Balaban J connectivity index is 1.71. The summed E-state index contributed by atoms with van der Waals surface area (Å²) in [4.78, 5) is 2.51. The first-order chi connectivity index (χ1) is 11.1. The van der Waals surface area contributed by atoms with Crippen LogP contribution < -0.4 is 16.0 Å². The normalized spacial score (nSPS) is 25.0. The smallest absolute Gasteiger partial charge is 0.0740 e. The van der Waals surface area contributed by atoms with E-state index in [9.17, 15) is 0 Å². The summed E-state index contributed by atoms with van der Waals surface area (Å²) in [6.45, 7) is 13.6. The fourth-order valence-corrected chi connectivity index (χ4v) is 3.21. The molecule has 1 atom stereocenters. The Kier molecular flexibility index (Phi) is 4.91. The minimum absolute atomic E-state index is 0.391. The summed E-state index contributed by atoms with van der Waals surface area (Å²) >= 11 is 0. The fraction of sp³-hybridized carbons (Fsp3) is 0.474. The molecule has 0 aromatic heterocycles. The molecule has 124 valence electrons. The van der Waals surface area contributed by atoms with Gasteiger partial charge in [0.2, 0.25) is 0 Å². The van der Waals surface area contributed by atoms with Gasteiger partial charge in [-0.1, -0.05) is 30.4 Å². The van der Waals surface area contributed by atoms with Crippen LogP contribution in [0.25, 0.3) is 0 Å². The number of nitrogens with zero attached hydrogens (tertiary/aromatic N) is 1. The second kappa shape index (κ2) is 7.09. The summed E-state index contributed by atoms with van der Waals surface area (Å²) in [6, 6.07) is 0.391. The van der Waals surface area contributed by atoms with Gasteiger partial charge in [0.25, 0.3) is 0 Å². The molecule has 0 amide bonds. The molecule has 1 aliphatic carbocycles. The molecule has 23 heavy (non-hydrogen) atoms. The molecule has 0 saturated carbocycles. The van der Waals surface area contributed by atoms with E-state index in [-0.39, 0.29) is 0 Å². The van der Waals surface area contributed by atoms with Gasteiger partial charge in [-0.15, -0.1) is 0 Å². The molecule has 4 nitrogen and oxygen atoms in total. The molecule has 3 N–H and O–H groups in total. The van der Waals surface area contributed by atoms with E-state index >= 15 is 0 Å². The van der Waals surface area contributed by atoms with Crippen LogP contribution in [-0.4, -0.2) is 43.7 Å². The van der Waals surface area contributed by atoms with Gasteiger partial charge in [0.05, 0.1) is 11.4 Å². The van der Waals surface area contributed by atoms with E-state index in [1.54, 1.807) is 0 Å². The molecule has 0 aromatic rings. The minimum Gasteiger partial charge on any atom is -0.383 e. The first kappa shape index (κ1) is 15.9. The van der Waals surface area contributed by atoms with Crippen LogP contribution in [0.1, 0.15) is 20.3 Å². The topological polar surface area (TPSA) is 39.3 Å². The summed E-state index contributed by atoms with van der Waals surface area (Å²) in [7, 11) is 0. The van der Waals surface area contributed by atoms with Crippen LogP contribution >= 0.6 is 0 Å². The summed E-state index contributed by atoms with van der Waals surface area (Å²) in [5.74, 6) is 0. The number of hydrogen-bond donors (Lipinski definition) is 3. The fourth-order valence-electron chi connectivity index (χ4n) is 3.21. The largest absolute Gasteiger partial charge is 0.383 e. The molecule has 2 heterocycles. The summed E-state index contributed by atoms with van der Waals surface area (Å²) in [5.41, 5.74) is 6.51. The number of piperazine rings is 1. The predicted molar refractivity (Wildman–Crippen MR) is 96.8 cm³/mol. The lowest BCUT2D eigenvalue weighted by molar-refractivity contribution is 0.294. The maximum Gasteiger partial charge on any atom is 0.0740 e. The molecule has 2 aliphatic heterocycles. The Labute approximate surface area is 139 Å². The van der Waals surface area contributed by atoms with Gasteiger partial charge < -0.3 is 20.9 Å². The highest BCUT2D eigenvalue weighted by Gasteiger charge is 2.24. The molecule has 1 fully saturated rings. The van der Waals surface area contributed by atoms with E-state index in [0.717, 1.165) is 39.1 Å². The van der Waals surface area contributed by atoms with Gasteiger partial charge in [0, 0.05) is 45.0 Å². The van der Waals surface area contributed by atoms with Crippen LogP contribution in [0.5, 0.6) is 0 Å². The van der Waals surface area contributed by atoms with Crippen LogP contribution in [-0.2, 0) is 0 Å². The van der Waals surface area contributed by atoms with Gasteiger partial charge in [-0.05, 0) is 31.4 Å². The van der Waals surface area contributed by atoms with Crippen LogP contribution in [0.15, 0.2) is 59.1 Å². The van der Waals surface area contributed by atoms with Crippen LogP contribution in [0.4, 0.5) is 0 Å². The van der Waals surface area contributed by atoms with Gasteiger partial charge >= 0.3 is 0 Å². The second-order valence-electron chi connectivity index (χ2n) is 6.54. The first-order valence-electron chi connectivity index (χ1n) is 8.57. The van der Waals surface area contributed by atoms with Crippen LogP contribution in [0, 0.1) is 0 Å². The van der Waals surface area contributed by atoms with E-state index in [2.05, 4.69) is 65.7 Å². The van der Waals surface area contributed by atoms with E-state index in [4.69, 9.17) is 0 Å². The lowest BCUT2D eigenvalue weighted by Gasteiger charge is -2.37. The molecule has 0 bridgehead atoms. The Bertz CT molecular complexity index is 588. The van der Waals surface area contributed by atoms with E-state index in [1.165, 1.54) is 28.1 Å². The number of rotatable bonds is 4. The van der Waals surface area contributed by atoms with E-state index in [0.29, 0.717) is 6.04 Å². The zero-order valence-electron chi connectivity index (χ0n) is 14.3. The molecule has 3 aliphatic rings. The highest BCUT2D eigenvalue weighted by atomic mass is 15.2. The Morgan fingerprint density at radius 1 is 1.30 bits per heavy atom. The molecule has 1 unspecified atom stereocenters. The molecule has 3 rings (SSSR count). The molecule has 4 heteroatoms. The summed E-state index contributed by atoms with van der Waals surface area (Å²) in [6.07, 6.45) is 9.64. The van der Waals surface area contributed by atoms with Crippen molar-refractivity contribution in [3.8, 4) is 0 Å². The number of hydrogen-bond acceptors (Lipinski definition) is 4. The Hall–Kier alpha value is -1.94. The van der Waals surface area contributed by atoms with Gasteiger partial charge in [0.15, 0.2) is 0 Å². The average molecular weight is 312 g/mol. The van der Waals surface area contributed by atoms with Crippen molar-refractivity contribution in [2.24, 2.45) is 0 Å². The standard InChI is InChI=1S/C19H28N4/c1-14-4-6-17(7-5-14)12-22-18-13-21-16(3)15(2)19(18)23-10-8-20-9-11-23/h4,6-7,13,16,20-22H,1,5,8-12H2,2-3H3. The average Bonchev–Trinajstić information content (AvgIpc) is 2.58. The minimum atomic E-state index is 0.391. The molecule has 0 aromatic carbocycles. The first-order valence-corrected chi connectivity index (χ1v) is 8.57. The second-order valence-corrected chi connectivity index (χ2v) is 6.54. The number of allylic oxidation sites excluding steroid dienone is 3. The van der Waals surface area contributed by atoms with Crippen LogP contribution in [0.2, 0.25) is 0 Å². The Morgan fingerprint density at radius 3 is 2.78 bits per heavy atom. The van der Waals surface area contributed by atoms with Crippen molar-refractivity contribution in [3.63, 3.8) is 0 Å². The highest BCUT2D eigenvalue weighted by Crippen LogP contribution is 2.24. The molecule has 0 radical (unpaired) electrons. The quantitative estimate of drug-likeness (QED) is 0.743. The highest BCUT2D eigenvalue weighted by molar-refractivity contribution is 5.40. The lowest BCUT2D eigenvalue weighted by atomic mass is 10.0. The third-order valence-corrected chi connectivity index (χ3v) is 4.83. The summed E-state index contributed by atoms with van der Waals surface area (Å²) in [5, 5.41) is 10.5. The SMILES string of the molecule is C=C1C=CC(CNC2=CNC(C)C(C)=C2N2CCNCC2)=CC1. The third-order valence-electron chi connectivity index (χ3n) is 4.83. The van der Waals surface area contributed by atoms with Crippen LogP contribution in [0.3, 0.4) is 0 Å². The lowest BCUT2D eigenvalue weighted by Crippen LogP contribution is -2.46. The van der Waals surface area contributed by atoms with Gasteiger partial charge in [-0.25, -0.2) is 0 Å². The van der Waals surface area contributed by atoms with Crippen molar-refractivity contribution < 1.29 is 0 Å². The zero-order valence-corrected chi connectivity index (χ0v) is 14.3. The number of nitrogens with one attached hydrogen (secondary N) is 3. The van der Waals surface area contributed by atoms with Gasteiger partial charge in [-0.2, -0.15) is 0 Å². The predicted octanol–water partition coefficient (Wildman–Crippen LogP) is 2.03. The monoisotopic (exact) mass is 312 g/mol. The maximum absolute atomic E-state index is 4.00. The van der Waals surface area contributed by atoms with Crippen molar-refractivity contribution in [2.75, 3.05) is 32.7 Å². The van der Waals surface area contributed by atoms with Crippen molar-refractivity contribution >= 4 is 0 Å². The van der Waals surface area contributed by atoms with Crippen molar-refractivity contribution in [1.29, 1.82) is 0 Å². The summed E-state index contributed by atoms with van der Waals surface area (Å²) < 4.78 is 0. The van der Waals surface area contributed by atoms with Gasteiger partial charge in [-0.3, -0.25) is 0 Å². The van der Waals surface area contributed by atoms with Crippen molar-refractivity contribution in [1.82, 2.24) is 20.9 Å². The van der Waals surface area contributed by atoms with Gasteiger partial charge in [0.1, 0.15) is 0 Å². The Morgan fingerprint density at radius 2 is 2.09 bits per heavy atom. The van der Waals surface area contributed by atoms with E-state index < -0.39 is 0 Å². The maximum atomic E-state index is 4.00. The molecule has 1 saturated heterocycles. The molecular weight excluding hydrogens is 284 g/mol. The molecule has 0 spiro atoms. The zero-order chi connectivity index (χ0) is 16.2. The number of dihydropyridines is 1. The third kappa shape index (κ3) is 3.70. The van der Waals surface area contributed by atoms with E-state index in [1.807, 2.05) is 0 Å². The van der Waals surface area contributed by atoms with Crippen molar-refractivity contribution in [2.45, 2.75) is 26.3 Å². The molecular formula is C19H28N4.